The molecule has 1 saturated heterocycles. The van der Waals surface area contributed by atoms with Gasteiger partial charge in [-0.1, -0.05) is 0 Å². The highest BCUT2D eigenvalue weighted by Gasteiger charge is 2.26. The molecule has 6 heteroatoms. The smallest absolute Gasteiger partial charge is 0.358 e. The van der Waals surface area contributed by atoms with Crippen molar-refractivity contribution >= 4 is 5.97 Å². The molecule has 82 valence electrons. The number of aromatic carboxylic acids is 1. The molecule has 1 aliphatic heterocycles. The maximum absolute atomic E-state index is 11.0. The number of methoxy groups -OCH3 is 1. The van der Waals surface area contributed by atoms with E-state index in [4.69, 9.17) is 14.6 Å². The predicted octanol–water partition coefficient (Wildman–Crippen LogP) is 0.551. The van der Waals surface area contributed by atoms with Crippen molar-refractivity contribution in [3.8, 4) is 5.75 Å². The Morgan fingerprint density at radius 1 is 1.80 bits per heavy atom. The molecule has 2 heterocycles. The van der Waals surface area contributed by atoms with Crippen molar-refractivity contribution in [1.82, 2.24) is 9.78 Å². The predicted molar refractivity (Wildman–Crippen MR) is 50.2 cm³/mol. The maximum atomic E-state index is 11.0. The second-order valence-corrected chi connectivity index (χ2v) is 3.33. The van der Waals surface area contributed by atoms with Gasteiger partial charge < -0.3 is 14.6 Å². The lowest BCUT2D eigenvalue weighted by molar-refractivity contribution is 0.0675. The van der Waals surface area contributed by atoms with E-state index in [9.17, 15) is 4.79 Å². The zero-order chi connectivity index (χ0) is 10.8. The summed E-state index contributed by atoms with van der Waals surface area (Å²) in [5.41, 5.74) is 0.0907. The molecule has 0 aromatic carbocycles. The number of carbonyl (C=O) groups is 1. The first-order chi connectivity index (χ1) is 7.24. The first-order valence-corrected chi connectivity index (χ1v) is 4.66. The summed E-state index contributed by atoms with van der Waals surface area (Å²) in [5, 5.41) is 13.1. The van der Waals surface area contributed by atoms with Gasteiger partial charge in [-0.3, -0.25) is 0 Å². The van der Waals surface area contributed by atoms with Crippen molar-refractivity contribution in [2.24, 2.45) is 0 Å². The van der Waals surface area contributed by atoms with E-state index < -0.39 is 5.97 Å². The van der Waals surface area contributed by atoms with Crippen LogP contribution in [0.25, 0.3) is 0 Å². The van der Waals surface area contributed by atoms with Gasteiger partial charge in [-0.25, -0.2) is 9.48 Å². The maximum Gasteiger partial charge on any atom is 0.358 e. The van der Waals surface area contributed by atoms with E-state index in [0.29, 0.717) is 13.2 Å². The highest BCUT2D eigenvalue weighted by molar-refractivity contribution is 5.88. The lowest BCUT2D eigenvalue weighted by Crippen LogP contribution is -2.17. The monoisotopic (exact) mass is 212 g/mol. The van der Waals surface area contributed by atoms with Crippen molar-refractivity contribution < 1.29 is 19.4 Å². The highest BCUT2D eigenvalue weighted by atomic mass is 16.5. The second kappa shape index (κ2) is 3.90. The van der Waals surface area contributed by atoms with Crippen LogP contribution < -0.4 is 4.74 Å². The average molecular weight is 212 g/mol. The van der Waals surface area contributed by atoms with Gasteiger partial charge in [-0.15, -0.1) is 0 Å². The van der Waals surface area contributed by atoms with Crippen LogP contribution in [0, 0.1) is 0 Å². The minimum Gasteiger partial charge on any atom is -0.493 e. The van der Waals surface area contributed by atoms with Gasteiger partial charge in [0, 0.05) is 6.61 Å². The molecule has 1 unspecified atom stereocenters. The van der Waals surface area contributed by atoms with E-state index in [0.717, 1.165) is 6.42 Å². The minimum atomic E-state index is -1.03. The van der Waals surface area contributed by atoms with Crippen LogP contribution in [0.2, 0.25) is 0 Å². The lowest BCUT2D eigenvalue weighted by Gasteiger charge is -2.10. The van der Waals surface area contributed by atoms with Crippen LogP contribution in [0.1, 0.15) is 23.0 Å². The quantitative estimate of drug-likeness (QED) is 0.792. The normalized spacial score (nSPS) is 20.5. The molecule has 0 bridgehead atoms. The van der Waals surface area contributed by atoms with Crippen molar-refractivity contribution in [3.63, 3.8) is 0 Å². The molecule has 1 atom stereocenters. The Balaban J connectivity index is 2.37. The van der Waals surface area contributed by atoms with Crippen LogP contribution in [0.3, 0.4) is 0 Å². The molecule has 15 heavy (non-hydrogen) atoms. The molecular formula is C9H12N2O4. The zero-order valence-corrected chi connectivity index (χ0v) is 8.34. The van der Waals surface area contributed by atoms with E-state index in [-0.39, 0.29) is 17.5 Å². The van der Waals surface area contributed by atoms with Crippen LogP contribution in [0.4, 0.5) is 0 Å². The third-order valence-electron chi connectivity index (χ3n) is 2.44. The first-order valence-electron chi connectivity index (χ1n) is 4.66. The molecule has 2 rings (SSSR count). The summed E-state index contributed by atoms with van der Waals surface area (Å²) in [7, 11) is 1.43. The van der Waals surface area contributed by atoms with E-state index in [1.807, 2.05) is 0 Å². The number of hydrogen-bond acceptors (Lipinski definition) is 4. The fourth-order valence-corrected chi connectivity index (χ4v) is 1.69. The Morgan fingerprint density at radius 3 is 3.13 bits per heavy atom. The Hall–Kier alpha value is -1.56. The van der Waals surface area contributed by atoms with Crippen LogP contribution in [0.15, 0.2) is 6.20 Å². The fraction of sp³-hybridized carbons (Fsp3) is 0.556. The van der Waals surface area contributed by atoms with Crippen LogP contribution >= 0.6 is 0 Å². The van der Waals surface area contributed by atoms with Crippen molar-refractivity contribution in [1.29, 1.82) is 0 Å². The minimum absolute atomic E-state index is 0.000000000000000444. The molecule has 1 N–H and O–H groups in total. The van der Waals surface area contributed by atoms with Crippen LogP contribution in [-0.4, -0.2) is 41.2 Å². The molecule has 0 saturated carbocycles. The van der Waals surface area contributed by atoms with E-state index >= 15 is 0 Å². The van der Waals surface area contributed by atoms with Crippen molar-refractivity contribution in [3.05, 3.63) is 11.9 Å². The van der Waals surface area contributed by atoms with E-state index in [1.54, 1.807) is 0 Å². The Labute approximate surface area is 86.4 Å². The van der Waals surface area contributed by atoms with Gasteiger partial charge in [0.15, 0.2) is 11.4 Å². The molecule has 1 aromatic heterocycles. The third kappa shape index (κ3) is 1.68. The summed E-state index contributed by atoms with van der Waals surface area (Å²) < 4.78 is 11.6. The summed E-state index contributed by atoms with van der Waals surface area (Å²) in [4.78, 5) is 11.0. The summed E-state index contributed by atoms with van der Waals surface area (Å²) in [6, 6.07) is -0.000000000000000444. The molecule has 0 amide bonds. The van der Waals surface area contributed by atoms with E-state index in [1.165, 1.54) is 18.0 Å². The highest BCUT2D eigenvalue weighted by Crippen LogP contribution is 2.25. The summed E-state index contributed by atoms with van der Waals surface area (Å²) in [6.07, 6.45) is 2.20. The summed E-state index contributed by atoms with van der Waals surface area (Å²) >= 11 is 0. The standard InChI is InChI=1S/C9H12N2O4/c1-14-7-4-10-11(8(7)9(12)13)6-2-3-15-5-6/h4,6H,2-3,5H2,1H3,(H,12,13). The Morgan fingerprint density at radius 2 is 2.60 bits per heavy atom. The topological polar surface area (TPSA) is 73.6 Å². The van der Waals surface area contributed by atoms with Gasteiger partial charge in [0.1, 0.15) is 0 Å². The number of carboxylic acid groups (broad SMARTS) is 1. The van der Waals surface area contributed by atoms with Gasteiger partial charge in [-0.2, -0.15) is 5.10 Å². The van der Waals surface area contributed by atoms with Crippen LogP contribution in [-0.2, 0) is 4.74 Å². The van der Waals surface area contributed by atoms with Gasteiger partial charge in [0.25, 0.3) is 0 Å². The third-order valence-corrected chi connectivity index (χ3v) is 2.44. The Kier molecular flexibility index (Phi) is 2.59. The van der Waals surface area contributed by atoms with Gasteiger partial charge >= 0.3 is 5.97 Å². The number of aromatic nitrogens is 2. The van der Waals surface area contributed by atoms with Gasteiger partial charge in [0.2, 0.25) is 0 Å². The second-order valence-electron chi connectivity index (χ2n) is 3.33. The molecule has 6 nitrogen and oxygen atoms in total. The van der Waals surface area contributed by atoms with Gasteiger partial charge in [-0.05, 0) is 6.42 Å². The number of rotatable bonds is 3. The number of carboxylic acids is 1. The zero-order valence-electron chi connectivity index (χ0n) is 8.34. The molecule has 1 fully saturated rings. The lowest BCUT2D eigenvalue weighted by atomic mass is 10.2. The number of ether oxygens (including phenoxy) is 2. The molecular weight excluding hydrogens is 200 g/mol. The number of nitrogens with zero attached hydrogens (tertiary/aromatic N) is 2. The molecule has 0 radical (unpaired) electrons. The summed E-state index contributed by atoms with van der Waals surface area (Å²) in [6.45, 7) is 1.15. The average Bonchev–Trinajstić information content (AvgIpc) is 2.85. The first kappa shape index (κ1) is 9.97. The molecule has 1 aromatic rings. The van der Waals surface area contributed by atoms with E-state index in [2.05, 4.69) is 5.10 Å². The van der Waals surface area contributed by atoms with Crippen molar-refractivity contribution in [2.75, 3.05) is 20.3 Å². The molecule has 0 aliphatic carbocycles. The molecule has 1 aliphatic rings. The molecule has 0 spiro atoms. The summed E-state index contributed by atoms with van der Waals surface area (Å²) in [5.74, 6) is -0.745. The van der Waals surface area contributed by atoms with Gasteiger partial charge in [0.05, 0.1) is 26.0 Å². The SMILES string of the molecule is COc1cnn(C2CCOC2)c1C(=O)O. The largest absolute Gasteiger partial charge is 0.493 e. The van der Waals surface area contributed by atoms with Crippen LogP contribution in [0.5, 0.6) is 5.75 Å². The van der Waals surface area contributed by atoms with Crippen molar-refractivity contribution in [2.45, 2.75) is 12.5 Å². The number of hydrogen-bond donors (Lipinski definition) is 1. The fourth-order valence-electron chi connectivity index (χ4n) is 1.69. The Bertz CT molecular complexity index is 368.